The second-order valence-corrected chi connectivity index (χ2v) is 6.74. The lowest BCUT2D eigenvalue weighted by atomic mass is 10.0. The minimum Gasteiger partial charge on any atom is -0.450 e. The summed E-state index contributed by atoms with van der Waals surface area (Å²) in [7, 11) is 1.38. The van der Waals surface area contributed by atoms with Crippen molar-refractivity contribution >= 4 is 17.9 Å². The SMILES string of the molecule is CCOC(=O)N(C)CC(=O)N[C@@H](CN1CCCC1=O)c1cccc(C(F)(F)F)c1. The highest BCUT2D eigenvalue weighted by Gasteiger charge is 2.32. The molecular formula is C19H24F3N3O4. The maximum absolute atomic E-state index is 13.1. The summed E-state index contributed by atoms with van der Waals surface area (Å²) < 4.78 is 44.1. The van der Waals surface area contributed by atoms with Gasteiger partial charge in [0.1, 0.15) is 6.54 Å². The van der Waals surface area contributed by atoms with Crippen LogP contribution in [0.5, 0.6) is 0 Å². The molecule has 0 unspecified atom stereocenters. The maximum atomic E-state index is 13.1. The third kappa shape index (κ3) is 6.37. The van der Waals surface area contributed by atoms with E-state index < -0.39 is 29.8 Å². The van der Waals surface area contributed by atoms with Crippen molar-refractivity contribution in [2.75, 3.05) is 33.3 Å². The van der Waals surface area contributed by atoms with E-state index in [0.29, 0.717) is 19.4 Å². The molecule has 1 N–H and O–H groups in total. The Morgan fingerprint density at radius 2 is 2.07 bits per heavy atom. The molecule has 7 nitrogen and oxygen atoms in total. The highest BCUT2D eigenvalue weighted by molar-refractivity contribution is 5.82. The lowest BCUT2D eigenvalue weighted by Crippen LogP contribution is -2.43. The van der Waals surface area contributed by atoms with Gasteiger partial charge in [-0.2, -0.15) is 13.2 Å². The van der Waals surface area contributed by atoms with Crippen molar-refractivity contribution in [3.8, 4) is 0 Å². The molecule has 1 atom stereocenters. The predicted molar refractivity (Wildman–Crippen MR) is 97.8 cm³/mol. The van der Waals surface area contributed by atoms with Crippen molar-refractivity contribution in [3.05, 3.63) is 35.4 Å². The van der Waals surface area contributed by atoms with E-state index in [4.69, 9.17) is 4.74 Å². The number of nitrogens with zero attached hydrogens (tertiary/aromatic N) is 2. The Balaban J connectivity index is 2.18. The number of carbonyl (C=O) groups is 3. The smallest absolute Gasteiger partial charge is 0.416 e. The second-order valence-electron chi connectivity index (χ2n) is 6.74. The van der Waals surface area contributed by atoms with Gasteiger partial charge in [0.15, 0.2) is 0 Å². The monoisotopic (exact) mass is 415 g/mol. The number of hydrogen-bond acceptors (Lipinski definition) is 4. The summed E-state index contributed by atoms with van der Waals surface area (Å²) in [5.74, 6) is -0.686. The lowest BCUT2D eigenvalue weighted by Gasteiger charge is -2.26. The molecule has 1 aliphatic rings. The van der Waals surface area contributed by atoms with Crippen LogP contribution in [-0.4, -0.2) is 61.0 Å². The van der Waals surface area contributed by atoms with Gasteiger partial charge in [0.2, 0.25) is 11.8 Å². The summed E-state index contributed by atoms with van der Waals surface area (Å²) in [4.78, 5) is 38.6. The van der Waals surface area contributed by atoms with E-state index in [0.717, 1.165) is 17.0 Å². The van der Waals surface area contributed by atoms with Crippen molar-refractivity contribution in [1.29, 1.82) is 0 Å². The Hall–Kier alpha value is -2.78. The van der Waals surface area contributed by atoms with E-state index >= 15 is 0 Å². The van der Waals surface area contributed by atoms with Gasteiger partial charge in [0.25, 0.3) is 0 Å². The van der Waals surface area contributed by atoms with Gasteiger partial charge < -0.3 is 19.9 Å². The number of benzene rings is 1. The van der Waals surface area contributed by atoms with Crippen molar-refractivity contribution in [2.24, 2.45) is 0 Å². The molecule has 0 radical (unpaired) electrons. The summed E-state index contributed by atoms with van der Waals surface area (Å²) >= 11 is 0. The summed E-state index contributed by atoms with van der Waals surface area (Å²) in [5.41, 5.74) is -0.614. The number of halogens is 3. The number of carbonyl (C=O) groups excluding carboxylic acids is 3. The second kappa shape index (κ2) is 9.62. The van der Waals surface area contributed by atoms with Crippen LogP contribution in [0.15, 0.2) is 24.3 Å². The molecule has 1 saturated heterocycles. The van der Waals surface area contributed by atoms with Crippen molar-refractivity contribution in [2.45, 2.75) is 32.0 Å². The molecule has 0 saturated carbocycles. The Labute approximate surface area is 166 Å². The fourth-order valence-electron chi connectivity index (χ4n) is 3.04. The standard InChI is InChI=1S/C19H24F3N3O4/c1-3-29-18(28)24(2)12-16(26)23-15(11-25-9-5-8-17(25)27)13-6-4-7-14(10-13)19(20,21)22/h4,6-7,10,15H,3,5,8-9,11-12H2,1-2H3,(H,23,26)/t15-/m0/s1. The Kier molecular flexibility index (Phi) is 7.46. The molecule has 1 aromatic carbocycles. The maximum Gasteiger partial charge on any atom is 0.416 e. The molecule has 3 amide bonds. The van der Waals surface area contributed by atoms with Gasteiger partial charge in [-0.05, 0) is 31.0 Å². The van der Waals surface area contributed by atoms with Gasteiger partial charge in [-0.3, -0.25) is 9.59 Å². The minimum absolute atomic E-state index is 0.0506. The van der Waals surface area contributed by atoms with E-state index in [1.165, 1.54) is 24.1 Å². The predicted octanol–water partition coefficient (Wildman–Crippen LogP) is 2.57. The van der Waals surface area contributed by atoms with Gasteiger partial charge in [0.05, 0.1) is 18.2 Å². The fraction of sp³-hybridized carbons (Fsp3) is 0.526. The van der Waals surface area contributed by atoms with Gasteiger partial charge in [0, 0.05) is 26.6 Å². The average Bonchev–Trinajstić information content (AvgIpc) is 3.05. The highest BCUT2D eigenvalue weighted by Crippen LogP contribution is 2.31. The first kappa shape index (κ1) is 22.5. The molecule has 0 bridgehead atoms. The third-order valence-corrected chi connectivity index (χ3v) is 4.49. The third-order valence-electron chi connectivity index (χ3n) is 4.49. The zero-order valence-electron chi connectivity index (χ0n) is 16.3. The Morgan fingerprint density at radius 3 is 2.66 bits per heavy atom. The van der Waals surface area contributed by atoms with E-state index in [-0.39, 0.29) is 31.2 Å². The largest absolute Gasteiger partial charge is 0.450 e. The first-order chi connectivity index (χ1) is 13.6. The molecule has 0 spiro atoms. The van der Waals surface area contributed by atoms with Gasteiger partial charge >= 0.3 is 12.3 Å². The van der Waals surface area contributed by atoms with Crippen LogP contribution in [0.1, 0.15) is 36.9 Å². The van der Waals surface area contributed by atoms with Crippen LogP contribution in [-0.2, 0) is 20.5 Å². The molecule has 10 heteroatoms. The molecular weight excluding hydrogens is 391 g/mol. The minimum atomic E-state index is -4.53. The summed E-state index contributed by atoms with van der Waals surface area (Å²) in [5, 5.41) is 2.64. The van der Waals surface area contributed by atoms with Gasteiger partial charge in [-0.1, -0.05) is 12.1 Å². The number of alkyl halides is 3. The van der Waals surface area contributed by atoms with Crippen LogP contribution in [0.4, 0.5) is 18.0 Å². The van der Waals surface area contributed by atoms with Crippen molar-refractivity contribution in [3.63, 3.8) is 0 Å². The molecule has 160 valence electrons. The number of ether oxygens (including phenoxy) is 1. The van der Waals surface area contributed by atoms with Crippen LogP contribution in [0.2, 0.25) is 0 Å². The Morgan fingerprint density at radius 1 is 1.34 bits per heavy atom. The highest BCUT2D eigenvalue weighted by atomic mass is 19.4. The van der Waals surface area contributed by atoms with E-state index in [2.05, 4.69) is 5.32 Å². The normalized spacial score (nSPS) is 15.2. The molecule has 1 heterocycles. The number of nitrogens with one attached hydrogen (secondary N) is 1. The van der Waals surface area contributed by atoms with Crippen LogP contribution < -0.4 is 5.32 Å². The topological polar surface area (TPSA) is 79.0 Å². The van der Waals surface area contributed by atoms with E-state index in [1.54, 1.807) is 6.92 Å². The van der Waals surface area contributed by atoms with Crippen LogP contribution >= 0.6 is 0 Å². The zero-order chi connectivity index (χ0) is 21.6. The zero-order valence-corrected chi connectivity index (χ0v) is 16.3. The first-order valence-electron chi connectivity index (χ1n) is 9.24. The average molecular weight is 415 g/mol. The summed E-state index contributed by atoms with van der Waals surface area (Å²) in [6.45, 7) is 1.97. The molecule has 1 fully saturated rings. The molecule has 1 aromatic rings. The van der Waals surface area contributed by atoms with Gasteiger partial charge in [-0.25, -0.2) is 4.79 Å². The molecule has 2 rings (SSSR count). The number of amides is 3. The first-order valence-corrected chi connectivity index (χ1v) is 9.24. The van der Waals surface area contributed by atoms with Crippen molar-refractivity contribution in [1.82, 2.24) is 15.1 Å². The fourth-order valence-corrected chi connectivity index (χ4v) is 3.04. The van der Waals surface area contributed by atoms with Crippen LogP contribution in [0.25, 0.3) is 0 Å². The molecule has 29 heavy (non-hydrogen) atoms. The molecule has 1 aliphatic heterocycles. The number of hydrogen-bond donors (Lipinski definition) is 1. The summed E-state index contributed by atoms with van der Waals surface area (Å²) in [6.07, 6.45) is -4.19. The Bertz CT molecular complexity index is 754. The van der Waals surface area contributed by atoms with E-state index in [9.17, 15) is 27.6 Å². The number of rotatable bonds is 7. The number of likely N-dealkylation sites (tertiary alicyclic amines) is 1. The number of likely N-dealkylation sites (N-methyl/N-ethyl adjacent to an activating group) is 1. The van der Waals surface area contributed by atoms with Gasteiger partial charge in [-0.15, -0.1) is 0 Å². The molecule has 0 aromatic heterocycles. The van der Waals surface area contributed by atoms with Crippen LogP contribution in [0.3, 0.4) is 0 Å². The summed E-state index contributed by atoms with van der Waals surface area (Å²) in [6, 6.07) is 3.78. The quantitative estimate of drug-likeness (QED) is 0.743. The van der Waals surface area contributed by atoms with Crippen molar-refractivity contribution < 1.29 is 32.3 Å². The lowest BCUT2D eigenvalue weighted by molar-refractivity contribution is -0.137. The van der Waals surface area contributed by atoms with Crippen LogP contribution in [0, 0.1) is 0 Å². The van der Waals surface area contributed by atoms with E-state index in [1.807, 2.05) is 0 Å². The molecule has 0 aliphatic carbocycles.